The molecule has 2 rings (SSSR count). The fourth-order valence-corrected chi connectivity index (χ4v) is 3.77. The minimum absolute atomic E-state index is 0.0350. The lowest BCUT2D eigenvalue weighted by Crippen LogP contribution is -2.27. The summed E-state index contributed by atoms with van der Waals surface area (Å²) in [6.07, 6.45) is 0. The molecule has 1 aliphatic rings. The molecule has 20 heavy (non-hydrogen) atoms. The van der Waals surface area contributed by atoms with E-state index in [1.807, 2.05) is 18.7 Å². The highest BCUT2D eigenvalue weighted by Gasteiger charge is 2.30. The van der Waals surface area contributed by atoms with Crippen LogP contribution in [0.1, 0.15) is 39.3 Å². The predicted octanol–water partition coefficient (Wildman–Crippen LogP) is 4.19. The lowest BCUT2D eigenvalue weighted by atomic mass is 10.1. The summed E-state index contributed by atoms with van der Waals surface area (Å²) in [6, 6.07) is 3.92. The number of likely N-dealkylation sites (N-methyl/N-ethyl adjacent to an activating group) is 1. The van der Waals surface area contributed by atoms with Crippen LogP contribution in [0.2, 0.25) is 0 Å². The van der Waals surface area contributed by atoms with Crippen LogP contribution in [0.4, 0.5) is 5.69 Å². The number of thioether (sulfide) groups is 1. The number of halogens is 1. The van der Waals surface area contributed by atoms with Crippen molar-refractivity contribution in [1.82, 2.24) is 5.32 Å². The van der Waals surface area contributed by atoms with Gasteiger partial charge in [-0.05, 0) is 40.5 Å². The van der Waals surface area contributed by atoms with Crippen molar-refractivity contribution in [2.75, 3.05) is 11.9 Å². The Morgan fingerprint density at radius 2 is 2.10 bits per heavy atom. The molecule has 0 aliphatic carbocycles. The van der Waals surface area contributed by atoms with Crippen LogP contribution in [0.15, 0.2) is 21.5 Å². The summed E-state index contributed by atoms with van der Waals surface area (Å²) in [5.74, 6) is 0.650. The SMILES string of the molecule is CCNC1C(=O)Nc2cc(SC(C)C(C)C)c(Br)cc21. The van der Waals surface area contributed by atoms with Crippen LogP contribution in [0, 0.1) is 5.92 Å². The van der Waals surface area contributed by atoms with Gasteiger partial charge in [0.15, 0.2) is 0 Å². The van der Waals surface area contributed by atoms with E-state index in [1.54, 1.807) is 0 Å². The van der Waals surface area contributed by atoms with E-state index < -0.39 is 0 Å². The van der Waals surface area contributed by atoms with Gasteiger partial charge in [-0.1, -0.05) is 27.7 Å². The summed E-state index contributed by atoms with van der Waals surface area (Å²) < 4.78 is 1.06. The fraction of sp³-hybridized carbons (Fsp3) is 0.533. The zero-order valence-electron chi connectivity index (χ0n) is 12.3. The number of hydrogen-bond acceptors (Lipinski definition) is 3. The van der Waals surface area contributed by atoms with Gasteiger partial charge in [0, 0.05) is 25.9 Å². The molecule has 1 amide bonds. The van der Waals surface area contributed by atoms with Crippen molar-refractivity contribution < 1.29 is 4.79 Å². The third-order valence-electron chi connectivity index (χ3n) is 3.60. The molecule has 0 fully saturated rings. The molecule has 2 unspecified atom stereocenters. The third-order valence-corrected chi connectivity index (χ3v) is 6.02. The highest BCUT2D eigenvalue weighted by Crippen LogP contribution is 2.41. The number of benzene rings is 1. The predicted molar refractivity (Wildman–Crippen MR) is 89.3 cm³/mol. The van der Waals surface area contributed by atoms with Gasteiger partial charge in [0.05, 0.1) is 0 Å². The molecule has 0 aromatic heterocycles. The number of rotatable bonds is 5. The highest BCUT2D eigenvalue weighted by molar-refractivity contribution is 9.10. The summed E-state index contributed by atoms with van der Waals surface area (Å²) in [4.78, 5) is 13.2. The van der Waals surface area contributed by atoms with E-state index >= 15 is 0 Å². The Bertz CT molecular complexity index is 519. The lowest BCUT2D eigenvalue weighted by molar-refractivity contribution is -0.117. The van der Waals surface area contributed by atoms with Gasteiger partial charge in [0.25, 0.3) is 0 Å². The van der Waals surface area contributed by atoms with Gasteiger partial charge in [-0.3, -0.25) is 4.79 Å². The quantitative estimate of drug-likeness (QED) is 0.777. The Kier molecular flexibility index (Phi) is 5.15. The molecular weight excluding hydrogens is 336 g/mol. The van der Waals surface area contributed by atoms with Crippen LogP contribution in [0.5, 0.6) is 0 Å². The van der Waals surface area contributed by atoms with E-state index in [9.17, 15) is 4.79 Å². The largest absolute Gasteiger partial charge is 0.324 e. The lowest BCUT2D eigenvalue weighted by Gasteiger charge is -2.17. The van der Waals surface area contributed by atoms with Crippen molar-refractivity contribution in [2.45, 2.75) is 43.9 Å². The maximum absolute atomic E-state index is 12.0. The summed E-state index contributed by atoms with van der Waals surface area (Å²) in [5.41, 5.74) is 1.97. The first kappa shape index (κ1) is 15.9. The monoisotopic (exact) mass is 356 g/mol. The van der Waals surface area contributed by atoms with Gasteiger partial charge < -0.3 is 10.6 Å². The van der Waals surface area contributed by atoms with Crippen LogP contribution in [0.3, 0.4) is 0 Å². The number of anilines is 1. The molecule has 1 aromatic carbocycles. The number of fused-ring (bicyclic) bond motifs is 1. The van der Waals surface area contributed by atoms with E-state index in [0.29, 0.717) is 11.2 Å². The molecule has 1 heterocycles. The second-order valence-electron chi connectivity index (χ2n) is 5.42. The Hall–Kier alpha value is -0.520. The van der Waals surface area contributed by atoms with Gasteiger partial charge in [0.2, 0.25) is 5.91 Å². The smallest absolute Gasteiger partial charge is 0.246 e. The maximum atomic E-state index is 12.0. The number of hydrogen-bond donors (Lipinski definition) is 2. The summed E-state index contributed by atoms with van der Waals surface area (Å²) in [7, 11) is 0. The second-order valence-corrected chi connectivity index (χ2v) is 7.69. The zero-order valence-corrected chi connectivity index (χ0v) is 14.7. The van der Waals surface area contributed by atoms with Gasteiger partial charge in [0.1, 0.15) is 6.04 Å². The van der Waals surface area contributed by atoms with Crippen LogP contribution in [-0.2, 0) is 4.79 Å². The van der Waals surface area contributed by atoms with E-state index in [4.69, 9.17) is 0 Å². The molecule has 1 aliphatic heterocycles. The fourth-order valence-electron chi connectivity index (χ4n) is 2.10. The van der Waals surface area contributed by atoms with E-state index in [-0.39, 0.29) is 11.9 Å². The van der Waals surface area contributed by atoms with E-state index in [0.717, 1.165) is 22.3 Å². The molecule has 110 valence electrons. The van der Waals surface area contributed by atoms with Gasteiger partial charge in [-0.25, -0.2) is 0 Å². The average molecular weight is 357 g/mol. The van der Waals surface area contributed by atoms with Crippen LogP contribution in [-0.4, -0.2) is 17.7 Å². The van der Waals surface area contributed by atoms with Gasteiger partial charge in [-0.15, -0.1) is 11.8 Å². The molecule has 2 N–H and O–H groups in total. The van der Waals surface area contributed by atoms with Crippen molar-refractivity contribution in [1.29, 1.82) is 0 Å². The minimum atomic E-state index is -0.229. The molecule has 0 spiro atoms. The van der Waals surface area contributed by atoms with Crippen molar-refractivity contribution >= 4 is 39.3 Å². The number of amides is 1. The molecule has 0 bridgehead atoms. The number of carbonyl (C=O) groups is 1. The topological polar surface area (TPSA) is 41.1 Å². The van der Waals surface area contributed by atoms with Crippen molar-refractivity contribution in [3.05, 3.63) is 22.2 Å². The molecule has 5 heteroatoms. The first-order valence-electron chi connectivity index (χ1n) is 6.98. The van der Waals surface area contributed by atoms with Crippen LogP contribution >= 0.6 is 27.7 Å². The number of nitrogens with one attached hydrogen (secondary N) is 2. The summed E-state index contributed by atoms with van der Waals surface area (Å²) in [5, 5.41) is 6.72. The molecule has 0 saturated heterocycles. The Labute approximate surface area is 133 Å². The van der Waals surface area contributed by atoms with Gasteiger partial charge in [-0.2, -0.15) is 0 Å². The maximum Gasteiger partial charge on any atom is 0.246 e. The highest BCUT2D eigenvalue weighted by atomic mass is 79.9. The molecule has 0 saturated carbocycles. The molecule has 0 radical (unpaired) electrons. The van der Waals surface area contributed by atoms with Crippen molar-refractivity contribution in [3.8, 4) is 0 Å². The second kappa shape index (κ2) is 6.50. The minimum Gasteiger partial charge on any atom is -0.324 e. The molecule has 3 nitrogen and oxygen atoms in total. The van der Waals surface area contributed by atoms with Crippen molar-refractivity contribution in [2.24, 2.45) is 5.92 Å². The molecule has 1 aromatic rings. The first-order valence-corrected chi connectivity index (χ1v) is 8.65. The summed E-state index contributed by atoms with van der Waals surface area (Å²) in [6.45, 7) is 9.46. The Morgan fingerprint density at radius 3 is 2.70 bits per heavy atom. The van der Waals surface area contributed by atoms with E-state index in [1.165, 1.54) is 4.90 Å². The molecule has 2 atom stereocenters. The van der Waals surface area contributed by atoms with E-state index in [2.05, 4.69) is 59.5 Å². The van der Waals surface area contributed by atoms with Crippen molar-refractivity contribution in [3.63, 3.8) is 0 Å². The summed E-state index contributed by atoms with van der Waals surface area (Å²) >= 11 is 5.48. The Morgan fingerprint density at radius 1 is 1.40 bits per heavy atom. The third kappa shape index (κ3) is 3.21. The van der Waals surface area contributed by atoms with Crippen LogP contribution in [0.25, 0.3) is 0 Å². The van der Waals surface area contributed by atoms with Crippen LogP contribution < -0.4 is 10.6 Å². The standard InChI is InChI=1S/C15H21BrN2OS/c1-5-17-14-10-6-11(16)13(20-9(4)8(2)3)7-12(10)18-15(14)19/h6-9,14,17H,5H2,1-4H3,(H,18,19). The molecular formula is C15H21BrN2OS. The van der Waals surface area contributed by atoms with Gasteiger partial charge >= 0.3 is 0 Å². The Balaban J connectivity index is 2.29. The normalized spacial score (nSPS) is 19.1. The zero-order chi connectivity index (χ0) is 14.9. The average Bonchev–Trinajstić information content (AvgIpc) is 2.67. The number of carbonyl (C=O) groups excluding carboxylic acids is 1. The first-order chi connectivity index (χ1) is 9.43.